The maximum atomic E-state index is 13.2. The predicted molar refractivity (Wildman–Crippen MR) is 97.9 cm³/mol. The van der Waals surface area contributed by atoms with E-state index >= 15 is 0 Å². The summed E-state index contributed by atoms with van der Waals surface area (Å²) in [4.78, 5) is 22.3. The molecule has 0 aliphatic carbocycles. The zero-order valence-corrected chi connectivity index (χ0v) is 14.3. The molecule has 0 bridgehead atoms. The van der Waals surface area contributed by atoms with Crippen molar-refractivity contribution in [2.75, 3.05) is 0 Å². The first kappa shape index (κ1) is 18.9. The molecular weight excluding hydrogens is 369 g/mol. The number of rotatable bonds is 6. The van der Waals surface area contributed by atoms with Crippen molar-refractivity contribution < 1.29 is 23.6 Å². The molecule has 9 heteroatoms. The zero-order chi connectivity index (χ0) is 20.1. The van der Waals surface area contributed by atoms with E-state index in [2.05, 4.69) is 10.5 Å². The molecule has 3 aromatic rings. The van der Waals surface area contributed by atoms with Crippen LogP contribution in [0.5, 0.6) is 0 Å². The van der Waals surface area contributed by atoms with E-state index in [0.29, 0.717) is 5.56 Å². The normalized spacial score (nSPS) is 12.1. The van der Waals surface area contributed by atoms with Gasteiger partial charge in [0.15, 0.2) is 6.10 Å². The molecule has 0 radical (unpaired) electrons. The smallest absolute Gasteiger partial charge is 0.283 e. The SMILES string of the molecule is O=C(NN=Cc1ccc(-c2ccc(F)cc2[N+](=O)[O-])o1)C(O)c1ccccc1. The number of nitro benzene ring substituents is 1. The van der Waals surface area contributed by atoms with Gasteiger partial charge in [0.2, 0.25) is 0 Å². The van der Waals surface area contributed by atoms with E-state index in [1.807, 2.05) is 0 Å². The van der Waals surface area contributed by atoms with E-state index in [-0.39, 0.29) is 17.1 Å². The van der Waals surface area contributed by atoms with Gasteiger partial charge in [-0.2, -0.15) is 5.10 Å². The lowest BCUT2D eigenvalue weighted by molar-refractivity contribution is -0.384. The molecule has 2 aromatic carbocycles. The Hall–Kier alpha value is -3.85. The van der Waals surface area contributed by atoms with Gasteiger partial charge in [-0.15, -0.1) is 0 Å². The Morgan fingerprint density at radius 3 is 2.68 bits per heavy atom. The number of benzene rings is 2. The maximum absolute atomic E-state index is 13.2. The summed E-state index contributed by atoms with van der Waals surface area (Å²) in [6.07, 6.45) is -0.207. The fraction of sp³-hybridized carbons (Fsp3) is 0.0526. The van der Waals surface area contributed by atoms with E-state index in [1.165, 1.54) is 24.4 Å². The van der Waals surface area contributed by atoms with Crippen molar-refractivity contribution in [2.45, 2.75) is 6.10 Å². The van der Waals surface area contributed by atoms with Crippen LogP contribution in [0.1, 0.15) is 17.4 Å². The van der Waals surface area contributed by atoms with Crippen molar-refractivity contribution in [1.82, 2.24) is 5.43 Å². The minimum absolute atomic E-state index is 0.106. The Morgan fingerprint density at radius 2 is 1.96 bits per heavy atom. The van der Waals surface area contributed by atoms with Crippen LogP contribution in [0.2, 0.25) is 0 Å². The Labute approximate surface area is 158 Å². The van der Waals surface area contributed by atoms with Crippen LogP contribution >= 0.6 is 0 Å². The van der Waals surface area contributed by atoms with Crippen molar-refractivity contribution in [3.63, 3.8) is 0 Å². The van der Waals surface area contributed by atoms with E-state index in [1.54, 1.807) is 30.3 Å². The number of hydrogen-bond acceptors (Lipinski definition) is 6. The summed E-state index contributed by atoms with van der Waals surface area (Å²) in [6, 6.07) is 14.4. The highest BCUT2D eigenvalue weighted by atomic mass is 19.1. The molecule has 2 N–H and O–H groups in total. The van der Waals surface area contributed by atoms with Crippen molar-refractivity contribution in [3.05, 3.63) is 87.9 Å². The number of nitro groups is 1. The minimum Gasteiger partial charge on any atom is -0.455 e. The van der Waals surface area contributed by atoms with Crippen LogP contribution in [0.3, 0.4) is 0 Å². The van der Waals surface area contributed by atoms with Gasteiger partial charge in [0, 0.05) is 0 Å². The summed E-state index contributed by atoms with van der Waals surface area (Å²) in [5.74, 6) is -1.13. The van der Waals surface area contributed by atoms with Crippen molar-refractivity contribution in [2.24, 2.45) is 5.10 Å². The molecule has 8 nitrogen and oxygen atoms in total. The first-order valence-corrected chi connectivity index (χ1v) is 8.06. The van der Waals surface area contributed by atoms with Gasteiger partial charge in [0.05, 0.1) is 22.8 Å². The van der Waals surface area contributed by atoms with Crippen LogP contribution in [0, 0.1) is 15.9 Å². The monoisotopic (exact) mass is 383 g/mol. The first-order chi connectivity index (χ1) is 13.5. The third kappa shape index (κ3) is 4.27. The second kappa shape index (κ2) is 8.23. The van der Waals surface area contributed by atoms with Crippen LogP contribution in [-0.2, 0) is 4.79 Å². The number of carbonyl (C=O) groups is 1. The van der Waals surface area contributed by atoms with E-state index < -0.39 is 28.4 Å². The van der Waals surface area contributed by atoms with E-state index in [9.17, 15) is 24.4 Å². The van der Waals surface area contributed by atoms with Gasteiger partial charge >= 0.3 is 0 Å². The average Bonchev–Trinajstić information content (AvgIpc) is 3.16. The molecule has 0 aliphatic heterocycles. The van der Waals surface area contributed by atoms with Gasteiger partial charge in [0.25, 0.3) is 11.6 Å². The number of nitrogens with one attached hydrogen (secondary N) is 1. The molecule has 1 unspecified atom stereocenters. The Kier molecular flexibility index (Phi) is 5.56. The molecule has 0 aliphatic rings. The van der Waals surface area contributed by atoms with Crippen molar-refractivity contribution in [1.29, 1.82) is 0 Å². The topological polar surface area (TPSA) is 118 Å². The van der Waals surface area contributed by atoms with E-state index in [4.69, 9.17) is 4.42 Å². The number of furan rings is 1. The molecule has 142 valence electrons. The van der Waals surface area contributed by atoms with Crippen LogP contribution in [0.25, 0.3) is 11.3 Å². The molecule has 1 atom stereocenters. The predicted octanol–water partition coefficient (Wildman–Crippen LogP) is 3.18. The molecule has 0 fully saturated rings. The molecular formula is C19H14FN3O5. The highest BCUT2D eigenvalue weighted by molar-refractivity contribution is 5.84. The lowest BCUT2D eigenvalue weighted by Gasteiger charge is -2.08. The highest BCUT2D eigenvalue weighted by Gasteiger charge is 2.19. The number of aliphatic hydroxyl groups excluding tert-OH is 1. The van der Waals surface area contributed by atoms with Crippen LogP contribution in [0.15, 0.2) is 70.2 Å². The van der Waals surface area contributed by atoms with Crippen molar-refractivity contribution >= 4 is 17.8 Å². The number of hydrogen-bond donors (Lipinski definition) is 2. The summed E-state index contributed by atoms with van der Waals surface area (Å²) in [5.41, 5.74) is 2.27. The molecule has 28 heavy (non-hydrogen) atoms. The third-order valence-corrected chi connectivity index (χ3v) is 3.78. The second-order valence-corrected chi connectivity index (χ2v) is 5.67. The fourth-order valence-corrected chi connectivity index (χ4v) is 2.44. The summed E-state index contributed by atoms with van der Waals surface area (Å²) < 4.78 is 18.7. The average molecular weight is 383 g/mol. The number of hydrazone groups is 1. The molecule has 1 amide bonds. The first-order valence-electron chi connectivity index (χ1n) is 8.06. The van der Waals surface area contributed by atoms with Crippen LogP contribution < -0.4 is 5.43 Å². The largest absolute Gasteiger partial charge is 0.455 e. The fourth-order valence-electron chi connectivity index (χ4n) is 2.44. The van der Waals surface area contributed by atoms with Gasteiger partial charge in [-0.3, -0.25) is 14.9 Å². The Bertz CT molecular complexity index is 1030. The van der Waals surface area contributed by atoms with Gasteiger partial charge in [-0.25, -0.2) is 9.82 Å². The molecule has 1 heterocycles. The highest BCUT2D eigenvalue weighted by Crippen LogP contribution is 2.31. The summed E-state index contributed by atoms with van der Waals surface area (Å²) in [5, 5.41) is 24.7. The Morgan fingerprint density at radius 1 is 1.21 bits per heavy atom. The molecule has 0 saturated carbocycles. The van der Waals surface area contributed by atoms with E-state index in [0.717, 1.165) is 12.1 Å². The minimum atomic E-state index is -1.38. The van der Waals surface area contributed by atoms with Crippen LogP contribution in [0.4, 0.5) is 10.1 Å². The quantitative estimate of drug-likeness (QED) is 0.385. The molecule has 3 rings (SSSR count). The number of halogens is 1. The Balaban J connectivity index is 1.70. The summed E-state index contributed by atoms with van der Waals surface area (Å²) in [7, 11) is 0. The lowest BCUT2D eigenvalue weighted by atomic mass is 10.1. The number of carbonyl (C=O) groups excluding carboxylic acids is 1. The summed E-state index contributed by atoms with van der Waals surface area (Å²) in [6.45, 7) is 0. The zero-order valence-electron chi connectivity index (χ0n) is 14.3. The number of amides is 1. The standard InChI is InChI=1S/C19H14FN3O5/c20-13-6-8-15(16(10-13)23(26)27)17-9-7-14(28-17)11-21-22-19(25)18(24)12-4-2-1-3-5-12/h1-11,18,24H,(H,22,25). The van der Waals surface area contributed by atoms with Gasteiger partial charge in [0.1, 0.15) is 17.3 Å². The maximum Gasteiger partial charge on any atom is 0.283 e. The molecule has 0 saturated heterocycles. The van der Waals surface area contributed by atoms with Gasteiger partial charge < -0.3 is 9.52 Å². The third-order valence-electron chi connectivity index (χ3n) is 3.78. The second-order valence-electron chi connectivity index (χ2n) is 5.67. The molecule has 1 aromatic heterocycles. The number of aliphatic hydroxyl groups is 1. The van der Waals surface area contributed by atoms with Crippen molar-refractivity contribution in [3.8, 4) is 11.3 Å². The molecule has 0 spiro atoms. The van der Waals surface area contributed by atoms with Gasteiger partial charge in [-0.1, -0.05) is 30.3 Å². The lowest BCUT2D eigenvalue weighted by Crippen LogP contribution is -2.25. The summed E-state index contributed by atoms with van der Waals surface area (Å²) >= 11 is 0. The number of nitrogens with zero attached hydrogens (tertiary/aromatic N) is 2. The van der Waals surface area contributed by atoms with Gasteiger partial charge in [-0.05, 0) is 29.8 Å². The van der Waals surface area contributed by atoms with Crippen LogP contribution in [-0.4, -0.2) is 22.2 Å².